The normalized spacial score (nSPS) is 24.1. The highest BCUT2D eigenvalue weighted by atomic mass is 16.2. The van der Waals surface area contributed by atoms with Crippen molar-refractivity contribution in [1.29, 1.82) is 0 Å². The first-order valence-corrected chi connectivity index (χ1v) is 9.48. The maximum atomic E-state index is 12.9. The van der Waals surface area contributed by atoms with Crippen molar-refractivity contribution in [3.05, 3.63) is 48.0 Å². The first-order valence-electron chi connectivity index (χ1n) is 9.48. The molecule has 2 aliphatic heterocycles. The maximum absolute atomic E-state index is 12.9. The van der Waals surface area contributed by atoms with Crippen LogP contribution in [0.25, 0.3) is 0 Å². The molecule has 2 atom stereocenters. The van der Waals surface area contributed by atoms with Crippen molar-refractivity contribution in [1.82, 2.24) is 30.5 Å². The van der Waals surface area contributed by atoms with Crippen LogP contribution in [0.5, 0.6) is 0 Å². The minimum atomic E-state index is -0.156. The Bertz CT molecular complexity index is 737. The lowest BCUT2D eigenvalue weighted by Gasteiger charge is -2.33. The topological polar surface area (TPSA) is 75.1 Å². The molecule has 3 heterocycles. The van der Waals surface area contributed by atoms with E-state index in [0.29, 0.717) is 5.92 Å². The van der Waals surface area contributed by atoms with E-state index in [2.05, 4.69) is 44.7 Å². The van der Waals surface area contributed by atoms with Crippen LogP contribution in [0.3, 0.4) is 0 Å². The number of carbonyl (C=O) groups is 1. The van der Waals surface area contributed by atoms with Crippen LogP contribution in [0.1, 0.15) is 49.5 Å². The molecule has 4 rings (SSSR count). The number of piperidine rings is 1. The predicted octanol–water partition coefficient (Wildman–Crippen LogP) is 1.61. The van der Waals surface area contributed by atoms with Gasteiger partial charge in [0.25, 0.3) is 0 Å². The summed E-state index contributed by atoms with van der Waals surface area (Å²) in [4.78, 5) is 14.9. The van der Waals surface area contributed by atoms with Gasteiger partial charge in [0.15, 0.2) is 0 Å². The van der Waals surface area contributed by atoms with E-state index in [1.165, 1.54) is 5.56 Å². The standard InChI is InChI=1S/C19H26N6O/c1-2-24-13-20-23-18(24)15-8-10-25(11-9-15)19(26)17-12-16(21-22-17)14-6-4-3-5-7-14/h3-7,13,15-17,21-22H,2,8-12H2,1H3. The lowest BCUT2D eigenvalue weighted by molar-refractivity contribution is -0.134. The fourth-order valence-corrected chi connectivity index (χ4v) is 4.02. The number of hydrazine groups is 1. The Labute approximate surface area is 153 Å². The third-order valence-electron chi connectivity index (χ3n) is 5.56. The molecule has 2 aliphatic rings. The SMILES string of the molecule is CCn1cnnc1C1CCN(C(=O)C2CC(c3ccccc3)NN2)CC1. The van der Waals surface area contributed by atoms with Crippen LogP contribution in [-0.2, 0) is 11.3 Å². The highest BCUT2D eigenvalue weighted by Crippen LogP contribution is 2.28. The molecular weight excluding hydrogens is 328 g/mol. The van der Waals surface area contributed by atoms with Gasteiger partial charge < -0.3 is 9.47 Å². The van der Waals surface area contributed by atoms with E-state index < -0.39 is 0 Å². The largest absolute Gasteiger partial charge is 0.341 e. The van der Waals surface area contributed by atoms with Gasteiger partial charge in [-0.3, -0.25) is 4.79 Å². The van der Waals surface area contributed by atoms with Crippen molar-refractivity contribution in [2.24, 2.45) is 0 Å². The Kier molecular flexibility index (Phi) is 4.99. The van der Waals surface area contributed by atoms with Crippen LogP contribution in [0.4, 0.5) is 0 Å². The van der Waals surface area contributed by atoms with Crippen LogP contribution in [0.15, 0.2) is 36.7 Å². The molecule has 0 saturated carbocycles. The molecule has 1 aromatic carbocycles. The number of likely N-dealkylation sites (tertiary alicyclic amines) is 1. The molecule has 0 bridgehead atoms. The average Bonchev–Trinajstić information content (AvgIpc) is 3.38. The smallest absolute Gasteiger partial charge is 0.241 e. The summed E-state index contributed by atoms with van der Waals surface area (Å²) in [6.07, 6.45) is 4.48. The second-order valence-corrected chi connectivity index (χ2v) is 7.11. The van der Waals surface area contributed by atoms with Gasteiger partial charge in [-0.1, -0.05) is 30.3 Å². The Balaban J connectivity index is 1.33. The molecule has 2 fully saturated rings. The van der Waals surface area contributed by atoms with Crippen LogP contribution in [-0.4, -0.2) is 44.7 Å². The molecule has 2 N–H and O–H groups in total. The van der Waals surface area contributed by atoms with E-state index in [1.807, 2.05) is 23.1 Å². The highest BCUT2D eigenvalue weighted by molar-refractivity contribution is 5.82. The van der Waals surface area contributed by atoms with E-state index in [-0.39, 0.29) is 18.0 Å². The van der Waals surface area contributed by atoms with Gasteiger partial charge in [-0.25, -0.2) is 10.9 Å². The van der Waals surface area contributed by atoms with Gasteiger partial charge in [-0.2, -0.15) is 0 Å². The summed E-state index contributed by atoms with van der Waals surface area (Å²) in [7, 11) is 0. The van der Waals surface area contributed by atoms with Crippen LogP contribution >= 0.6 is 0 Å². The Morgan fingerprint density at radius 2 is 1.96 bits per heavy atom. The molecule has 138 valence electrons. The lowest BCUT2D eigenvalue weighted by Crippen LogP contribution is -2.48. The summed E-state index contributed by atoms with van der Waals surface area (Å²) in [6, 6.07) is 10.3. The van der Waals surface area contributed by atoms with E-state index >= 15 is 0 Å². The molecule has 1 aromatic heterocycles. The monoisotopic (exact) mass is 354 g/mol. The summed E-state index contributed by atoms with van der Waals surface area (Å²) in [5.41, 5.74) is 7.68. The molecule has 7 nitrogen and oxygen atoms in total. The van der Waals surface area contributed by atoms with Crippen molar-refractivity contribution in [2.45, 2.75) is 50.7 Å². The number of hydrogen-bond acceptors (Lipinski definition) is 5. The average molecular weight is 354 g/mol. The number of benzene rings is 1. The van der Waals surface area contributed by atoms with E-state index in [1.54, 1.807) is 6.33 Å². The molecule has 2 unspecified atom stereocenters. The summed E-state index contributed by atoms with van der Waals surface area (Å²) in [5.74, 6) is 1.66. The van der Waals surface area contributed by atoms with E-state index in [9.17, 15) is 4.79 Å². The Morgan fingerprint density at radius 1 is 1.19 bits per heavy atom. The first kappa shape index (κ1) is 17.2. The second-order valence-electron chi connectivity index (χ2n) is 7.11. The maximum Gasteiger partial charge on any atom is 0.241 e. The molecule has 7 heteroatoms. The van der Waals surface area contributed by atoms with Gasteiger partial charge in [0.1, 0.15) is 18.2 Å². The second kappa shape index (κ2) is 7.55. The molecule has 26 heavy (non-hydrogen) atoms. The quantitative estimate of drug-likeness (QED) is 0.873. The van der Waals surface area contributed by atoms with E-state index in [0.717, 1.165) is 44.7 Å². The van der Waals surface area contributed by atoms with Crippen LogP contribution in [0.2, 0.25) is 0 Å². The number of carbonyl (C=O) groups excluding carboxylic acids is 1. The molecule has 2 saturated heterocycles. The van der Waals surface area contributed by atoms with Gasteiger partial charge >= 0.3 is 0 Å². The predicted molar refractivity (Wildman–Crippen MR) is 98.1 cm³/mol. The zero-order valence-electron chi connectivity index (χ0n) is 15.1. The summed E-state index contributed by atoms with van der Waals surface area (Å²) >= 11 is 0. The minimum absolute atomic E-state index is 0.156. The number of aryl methyl sites for hydroxylation is 1. The van der Waals surface area contributed by atoms with Crippen molar-refractivity contribution < 1.29 is 4.79 Å². The van der Waals surface area contributed by atoms with Gasteiger partial charge in [-0.05, 0) is 31.7 Å². The van der Waals surface area contributed by atoms with Crippen molar-refractivity contribution in [3.8, 4) is 0 Å². The van der Waals surface area contributed by atoms with Crippen molar-refractivity contribution >= 4 is 5.91 Å². The van der Waals surface area contributed by atoms with Crippen LogP contribution < -0.4 is 10.9 Å². The summed E-state index contributed by atoms with van der Waals surface area (Å²) in [6.45, 7) is 4.57. The number of aromatic nitrogens is 3. The third kappa shape index (κ3) is 3.37. The minimum Gasteiger partial charge on any atom is -0.341 e. The zero-order valence-corrected chi connectivity index (χ0v) is 15.1. The van der Waals surface area contributed by atoms with Gasteiger partial charge in [-0.15, -0.1) is 10.2 Å². The molecule has 0 radical (unpaired) electrons. The Hall–Kier alpha value is -2.25. The number of hydrogen-bond donors (Lipinski definition) is 2. The van der Waals surface area contributed by atoms with Crippen molar-refractivity contribution in [3.63, 3.8) is 0 Å². The third-order valence-corrected chi connectivity index (χ3v) is 5.56. The molecule has 0 aliphatic carbocycles. The van der Waals surface area contributed by atoms with Gasteiger partial charge in [0.2, 0.25) is 5.91 Å². The zero-order chi connectivity index (χ0) is 17.9. The van der Waals surface area contributed by atoms with Crippen LogP contribution in [0, 0.1) is 0 Å². The number of nitrogens with zero attached hydrogens (tertiary/aromatic N) is 4. The lowest BCUT2D eigenvalue weighted by atomic mass is 9.94. The fraction of sp³-hybridized carbons (Fsp3) is 0.526. The first-order chi connectivity index (χ1) is 12.8. The fourth-order valence-electron chi connectivity index (χ4n) is 4.02. The van der Waals surface area contributed by atoms with Gasteiger partial charge in [0.05, 0.1) is 0 Å². The highest BCUT2D eigenvalue weighted by Gasteiger charge is 2.35. The summed E-state index contributed by atoms with van der Waals surface area (Å²) < 4.78 is 2.11. The number of amides is 1. The number of nitrogens with one attached hydrogen (secondary N) is 2. The molecule has 1 amide bonds. The van der Waals surface area contributed by atoms with Gasteiger partial charge in [0, 0.05) is 31.6 Å². The van der Waals surface area contributed by atoms with E-state index in [4.69, 9.17) is 0 Å². The molecule has 2 aromatic rings. The number of rotatable bonds is 4. The van der Waals surface area contributed by atoms with Crippen molar-refractivity contribution in [2.75, 3.05) is 13.1 Å². The Morgan fingerprint density at radius 3 is 2.69 bits per heavy atom. The summed E-state index contributed by atoms with van der Waals surface area (Å²) in [5, 5.41) is 8.33. The molecule has 0 spiro atoms. The molecular formula is C19H26N6O.